The zero-order valence-corrected chi connectivity index (χ0v) is 20.8. The van der Waals surface area contributed by atoms with Gasteiger partial charge in [-0.2, -0.15) is 0 Å². The Kier molecular flexibility index (Phi) is 8.59. The summed E-state index contributed by atoms with van der Waals surface area (Å²) in [6.07, 6.45) is 0. The molecule has 174 valence electrons. The van der Waals surface area contributed by atoms with Crippen molar-refractivity contribution in [2.24, 2.45) is 0 Å². The van der Waals surface area contributed by atoms with Crippen molar-refractivity contribution in [3.63, 3.8) is 0 Å². The van der Waals surface area contributed by atoms with Crippen molar-refractivity contribution >= 4 is 11.8 Å². The molecule has 1 unspecified atom stereocenters. The van der Waals surface area contributed by atoms with Crippen LogP contribution in [0.5, 0.6) is 0 Å². The summed E-state index contributed by atoms with van der Waals surface area (Å²) in [5.41, 5.74) is 5.08. The highest BCUT2D eigenvalue weighted by atomic mass is 32.2. The van der Waals surface area contributed by atoms with Crippen LogP contribution in [0.4, 0.5) is 0 Å². The van der Waals surface area contributed by atoms with Crippen molar-refractivity contribution in [2.45, 2.75) is 17.4 Å². The van der Waals surface area contributed by atoms with E-state index in [9.17, 15) is 0 Å². The fourth-order valence-corrected chi connectivity index (χ4v) is 5.97. The van der Waals surface area contributed by atoms with Crippen molar-refractivity contribution in [3.05, 3.63) is 144 Å². The van der Waals surface area contributed by atoms with Crippen LogP contribution in [-0.2, 0) is 16.1 Å². The SMILES string of the molecule is CN(C)C(COCc1ccccc1)CSC(c1ccccc1)(c1ccccc1)c1ccccc1. The van der Waals surface area contributed by atoms with Crippen LogP contribution in [0.25, 0.3) is 0 Å². The summed E-state index contributed by atoms with van der Waals surface area (Å²) in [6, 6.07) is 43.3. The number of hydrogen-bond donors (Lipinski definition) is 0. The molecule has 0 heterocycles. The maximum atomic E-state index is 6.17. The van der Waals surface area contributed by atoms with Gasteiger partial charge in [0, 0.05) is 11.8 Å². The smallest absolute Gasteiger partial charge is 0.0907 e. The molecule has 2 nitrogen and oxygen atoms in total. The van der Waals surface area contributed by atoms with Gasteiger partial charge in [-0.25, -0.2) is 0 Å². The van der Waals surface area contributed by atoms with Crippen molar-refractivity contribution < 1.29 is 4.74 Å². The molecule has 4 aromatic rings. The molecule has 4 rings (SSSR count). The first-order chi connectivity index (χ1) is 16.7. The van der Waals surface area contributed by atoms with E-state index in [0.717, 1.165) is 5.75 Å². The summed E-state index contributed by atoms with van der Waals surface area (Å²) >= 11 is 1.99. The second-order valence-corrected chi connectivity index (χ2v) is 9.94. The summed E-state index contributed by atoms with van der Waals surface area (Å²) < 4.78 is 5.86. The van der Waals surface area contributed by atoms with Gasteiger partial charge in [0.05, 0.1) is 18.0 Å². The maximum Gasteiger partial charge on any atom is 0.0907 e. The van der Waals surface area contributed by atoms with E-state index in [2.05, 4.69) is 134 Å². The molecular formula is C31H33NOS. The molecule has 0 bridgehead atoms. The number of hydrogen-bond acceptors (Lipinski definition) is 3. The number of rotatable bonds is 11. The lowest BCUT2D eigenvalue weighted by molar-refractivity contribution is 0.0765. The van der Waals surface area contributed by atoms with Crippen LogP contribution in [0.3, 0.4) is 0 Å². The van der Waals surface area contributed by atoms with Crippen LogP contribution >= 0.6 is 11.8 Å². The number of ether oxygens (including phenoxy) is 1. The highest BCUT2D eigenvalue weighted by Crippen LogP contribution is 2.48. The molecule has 1 atom stereocenters. The lowest BCUT2D eigenvalue weighted by Gasteiger charge is -2.37. The third-order valence-corrected chi connectivity index (χ3v) is 7.88. The number of likely N-dealkylation sites (N-methyl/N-ethyl adjacent to an activating group) is 1. The Morgan fingerprint density at radius 3 is 1.47 bits per heavy atom. The lowest BCUT2D eigenvalue weighted by Crippen LogP contribution is -2.37. The Morgan fingerprint density at radius 2 is 1.06 bits per heavy atom. The van der Waals surface area contributed by atoms with Gasteiger partial charge in [-0.05, 0) is 36.3 Å². The molecule has 0 saturated heterocycles. The maximum absolute atomic E-state index is 6.17. The van der Waals surface area contributed by atoms with E-state index in [0.29, 0.717) is 13.2 Å². The molecule has 0 fully saturated rings. The molecule has 0 aliphatic rings. The summed E-state index contributed by atoms with van der Waals surface area (Å²) in [7, 11) is 4.29. The van der Waals surface area contributed by atoms with Gasteiger partial charge in [0.1, 0.15) is 0 Å². The molecule has 0 aromatic heterocycles. The monoisotopic (exact) mass is 467 g/mol. The van der Waals surface area contributed by atoms with Gasteiger partial charge < -0.3 is 9.64 Å². The summed E-state index contributed by atoms with van der Waals surface area (Å²) in [4.78, 5) is 2.28. The second kappa shape index (κ2) is 12.0. The molecule has 34 heavy (non-hydrogen) atoms. The topological polar surface area (TPSA) is 12.5 Å². The molecule has 0 aliphatic heterocycles. The quantitative estimate of drug-likeness (QED) is 0.224. The van der Waals surface area contributed by atoms with Gasteiger partial charge in [0.25, 0.3) is 0 Å². The van der Waals surface area contributed by atoms with Gasteiger partial charge in [-0.3, -0.25) is 0 Å². The average molecular weight is 468 g/mol. The first-order valence-corrected chi connectivity index (χ1v) is 12.8. The minimum atomic E-state index is -0.308. The second-order valence-electron chi connectivity index (χ2n) is 8.71. The summed E-state index contributed by atoms with van der Waals surface area (Å²) in [5, 5.41) is 0. The normalized spacial score (nSPS) is 12.6. The number of nitrogens with zero attached hydrogens (tertiary/aromatic N) is 1. The van der Waals surface area contributed by atoms with E-state index < -0.39 is 0 Å². The molecule has 0 saturated carbocycles. The number of thioether (sulfide) groups is 1. The van der Waals surface area contributed by atoms with Crippen molar-refractivity contribution in [1.82, 2.24) is 4.90 Å². The highest BCUT2D eigenvalue weighted by molar-refractivity contribution is 8.00. The van der Waals surface area contributed by atoms with Crippen LogP contribution in [0.15, 0.2) is 121 Å². The molecule has 0 N–H and O–H groups in total. The van der Waals surface area contributed by atoms with E-state index in [1.807, 2.05) is 17.8 Å². The minimum absolute atomic E-state index is 0.282. The molecular weight excluding hydrogens is 434 g/mol. The molecule has 0 radical (unpaired) electrons. The van der Waals surface area contributed by atoms with Crippen LogP contribution in [-0.4, -0.2) is 37.4 Å². The third kappa shape index (κ3) is 5.79. The van der Waals surface area contributed by atoms with Gasteiger partial charge in [0.2, 0.25) is 0 Å². The highest BCUT2D eigenvalue weighted by Gasteiger charge is 2.37. The van der Waals surface area contributed by atoms with E-state index in [-0.39, 0.29) is 10.8 Å². The lowest BCUT2D eigenvalue weighted by atomic mass is 9.84. The van der Waals surface area contributed by atoms with Gasteiger partial charge in [-0.15, -0.1) is 11.8 Å². The molecule has 0 amide bonds. The van der Waals surface area contributed by atoms with Crippen molar-refractivity contribution in [1.29, 1.82) is 0 Å². The predicted octanol–water partition coefficient (Wildman–Crippen LogP) is 6.86. The Labute approximate surface area is 208 Å². The fraction of sp³-hybridized carbons (Fsp3) is 0.226. The minimum Gasteiger partial charge on any atom is -0.375 e. The fourth-order valence-electron chi connectivity index (χ4n) is 4.22. The third-order valence-electron chi connectivity index (χ3n) is 6.19. The van der Waals surface area contributed by atoms with Crippen molar-refractivity contribution in [2.75, 3.05) is 26.5 Å². The Bertz CT molecular complexity index is 1000. The largest absolute Gasteiger partial charge is 0.375 e. The standard InChI is InChI=1S/C31H33NOS/c1-32(2)30(24-33-23-26-15-7-3-8-16-26)25-34-31(27-17-9-4-10-18-27,28-19-11-5-12-20-28)29-21-13-6-14-22-29/h3-22,30H,23-25H2,1-2H3. The predicted molar refractivity (Wildman–Crippen MR) is 145 cm³/mol. The van der Waals surface area contributed by atoms with E-state index in [1.54, 1.807) is 0 Å². The van der Waals surface area contributed by atoms with Crippen LogP contribution in [0.1, 0.15) is 22.3 Å². The van der Waals surface area contributed by atoms with E-state index >= 15 is 0 Å². The summed E-state index contributed by atoms with van der Waals surface area (Å²) in [6.45, 7) is 1.32. The van der Waals surface area contributed by atoms with Crippen LogP contribution < -0.4 is 0 Å². The molecule has 4 aromatic carbocycles. The van der Waals surface area contributed by atoms with Crippen LogP contribution in [0, 0.1) is 0 Å². The van der Waals surface area contributed by atoms with E-state index in [4.69, 9.17) is 4.74 Å². The van der Waals surface area contributed by atoms with Crippen molar-refractivity contribution in [3.8, 4) is 0 Å². The molecule has 0 spiro atoms. The zero-order valence-electron chi connectivity index (χ0n) is 20.0. The van der Waals surface area contributed by atoms with Crippen LogP contribution in [0.2, 0.25) is 0 Å². The summed E-state index contributed by atoms with van der Waals surface area (Å²) in [5.74, 6) is 0.931. The first kappa shape index (κ1) is 24.3. The van der Waals surface area contributed by atoms with Gasteiger partial charge in [-0.1, -0.05) is 121 Å². The molecule has 0 aliphatic carbocycles. The van der Waals surface area contributed by atoms with Gasteiger partial charge >= 0.3 is 0 Å². The van der Waals surface area contributed by atoms with E-state index in [1.165, 1.54) is 22.3 Å². The zero-order chi connectivity index (χ0) is 23.6. The Morgan fingerprint density at radius 1 is 0.647 bits per heavy atom. The first-order valence-electron chi connectivity index (χ1n) is 11.8. The number of benzene rings is 4. The Balaban J connectivity index is 1.63. The average Bonchev–Trinajstić information content (AvgIpc) is 2.90. The Hall–Kier alpha value is -2.85. The van der Waals surface area contributed by atoms with Gasteiger partial charge in [0.15, 0.2) is 0 Å². The molecule has 3 heteroatoms.